The van der Waals surface area contributed by atoms with Crippen LogP contribution in [0, 0.1) is 0 Å². The Hall–Kier alpha value is -5.41. The van der Waals surface area contributed by atoms with Crippen molar-refractivity contribution >= 4 is 10.1 Å². The lowest BCUT2D eigenvalue weighted by Crippen LogP contribution is -2.08. The molecule has 1 N–H and O–H groups in total. The van der Waals surface area contributed by atoms with Crippen molar-refractivity contribution in [2.45, 2.75) is 0 Å². The number of H-pyrrole nitrogens is 1. The predicted molar refractivity (Wildman–Crippen MR) is 164 cm³/mol. The molecule has 0 spiro atoms. The van der Waals surface area contributed by atoms with Gasteiger partial charge in [0.1, 0.15) is 5.69 Å². The van der Waals surface area contributed by atoms with Crippen molar-refractivity contribution in [3.05, 3.63) is 144 Å². The van der Waals surface area contributed by atoms with Gasteiger partial charge in [-0.2, -0.15) is 8.42 Å². The first-order valence-corrected chi connectivity index (χ1v) is 14.8. The zero-order valence-corrected chi connectivity index (χ0v) is 23.4. The highest BCUT2D eigenvalue weighted by Gasteiger charge is 2.15. The third kappa shape index (κ3) is 7.21. The van der Waals surface area contributed by atoms with Gasteiger partial charge in [0.05, 0.1) is 35.7 Å². The molecule has 2 aromatic heterocycles. The van der Waals surface area contributed by atoms with Gasteiger partial charge in [0, 0.05) is 22.3 Å². The second-order valence-electron chi connectivity index (χ2n) is 9.13. The minimum absolute atomic E-state index is 0.0500. The van der Waals surface area contributed by atoms with E-state index in [0.29, 0.717) is 11.4 Å². The van der Waals surface area contributed by atoms with Crippen LogP contribution >= 0.6 is 0 Å². The van der Waals surface area contributed by atoms with Gasteiger partial charge in [-0.15, -0.1) is 0 Å². The number of rotatable bonds is 6. The number of nitrogens with one attached hydrogen (secondary N) is 1. The summed E-state index contributed by atoms with van der Waals surface area (Å²) in [5.74, 6) is -0.0500. The fraction of sp³-hybridized carbons (Fsp3) is 0.0303. The molecule has 2 heterocycles. The Labute approximate surface area is 243 Å². The van der Waals surface area contributed by atoms with Crippen LogP contribution in [-0.4, -0.2) is 34.6 Å². The molecule has 0 atom stereocenters. The van der Waals surface area contributed by atoms with Gasteiger partial charge < -0.3 is 9.17 Å². The maximum absolute atomic E-state index is 11.5. The highest BCUT2D eigenvalue weighted by molar-refractivity contribution is 7.86. The molecular weight excluding hydrogens is 548 g/mol. The Kier molecular flexibility index (Phi) is 8.60. The van der Waals surface area contributed by atoms with Gasteiger partial charge in [0.25, 0.3) is 11.4 Å². The first kappa shape index (κ1) is 28.1. The van der Waals surface area contributed by atoms with Crippen molar-refractivity contribution in [2.75, 3.05) is 6.26 Å². The summed E-state index contributed by atoms with van der Waals surface area (Å²) in [5.41, 5.74) is 6.23. The van der Waals surface area contributed by atoms with E-state index in [2.05, 4.69) is 19.9 Å². The molecule has 0 saturated heterocycles. The Morgan fingerprint density at radius 1 is 0.571 bits per heavy atom. The smallest absolute Gasteiger partial charge is 0.307 e. The molecule has 8 nitrogen and oxygen atoms in total. The van der Waals surface area contributed by atoms with Crippen molar-refractivity contribution in [2.24, 2.45) is 0 Å². The van der Waals surface area contributed by atoms with Crippen LogP contribution in [0.15, 0.2) is 139 Å². The molecule has 6 aromatic rings. The van der Waals surface area contributed by atoms with E-state index >= 15 is 0 Å². The first-order chi connectivity index (χ1) is 20.4. The van der Waals surface area contributed by atoms with E-state index in [4.69, 9.17) is 4.18 Å². The molecule has 0 aliphatic rings. The fourth-order valence-corrected chi connectivity index (χ4v) is 4.59. The zero-order chi connectivity index (χ0) is 29.4. The molecule has 42 heavy (non-hydrogen) atoms. The normalized spacial score (nSPS) is 10.8. The lowest BCUT2D eigenvalue weighted by Gasteiger charge is -2.10. The molecule has 0 radical (unpaired) electrons. The average Bonchev–Trinajstić information content (AvgIpc) is 3.02. The van der Waals surface area contributed by atoms with Gasteiger partial charge in [0.15, 0.2) is 0 Å². The van der Waals surface area contributed by atoms with Gasteiger partial charge in [-0.05, 0) is 0 Å². The van der Waals surface area contributed by atoms with E-state index in [0.717, 1.165) is 39.9 Å². The standard InChI is InChI=1S/C17H14N2O3S.C16H12N2O/c1-23(20,21)22-15-12-18-16(13-8-4-2-5-9-13)17(19-15)14-10-6-3-7-11-14;19-14-11-17-15(12-7-3-1-4-8-12)16(18-14)13-9-5-2-6-10-13/h2-12H,1H3;1-11H,(H,18,19). The van der Waals surface area contributed by atoms with E-state index in [9.17, 15) is 13.2 Å². The van der Waals surface area contributed by atoms with E-state index in [-0.39, 0.29) is 11.4 Å². The summed E-state index contributed by atoms with van der Waals surface area (Å²) >= 11 is 0. The molecule has 0 fully saturated rings. The second kappa shape index (κ2) is 12.8. The van der Waals surface area contributed by atoms with Gasteiger partial charge >= 0.3 is 10.1 Å². The minimum Gasteiger partial charge on any atom is -0.360 e. The SMILES string of the molecule is CS(=O)(=O)Oc1cnc(-c2ccccc2)c(-c2ccccc2)n1.O=c1cnc(-c2ccccc2)c(-c2ccccc2)[nH]1. The predicted octanol–water partition coefficient (Wildman–Crippen LogP) is 6.25. The van der Waals surface area contributed by atoms with Crippen LogP contribution in [0.4, 0.5) is 0 Å². The van der Waals surface area contributed by atoms with Crippen LogP contribution < -0.4 is 9.74 Å². The first-order valence-electron chi connectivity index (χ1n) is 12.9. The van der Waals surface area contributed by atoms with E-state index in [1.807, 2.05) is 121 Å². The lowest BCUT2D eigenvalue weighted by molar-refractivity contribution is 0.481. The number of aromatic amines is 1. The molecular formula is C33H26N4O4S. The van der Waals surface area contributed by atoms with Crippen LogP contribution in [0.1, 0.15) is 0 Å². The maximum atomic E-state index is 11.5. The van der Waals surface area contributed by atoms with Gasteiger partial charge in [-0.3, -0.25) is 4.79 Å². The van der Waals surface area contributed by atoms with E-state index in [1.54, 1.807) is 0 Å². The van der Waals surface area contributed by atoms with Gasteiger partial charge in [0.2, 0.25) is 0 Å². The highest BCUT2D eigenvalue weighted by Crippen LogP contribution is 2.30. The van der Waals surface area contributed by atoms with Crippen molar-refractivity contribution in [3.8, 4) is 50.9 Å². The van der Waals surface area contributed by atoms with Crippen LogP contribution in [0.3, 0.4) is 0 Å². The number of hydrogen-bond acceptors (Lipinski definition) is 7. The average molecular weight is 575 g/mol. The van der Waals surface area contributed by atoms with Crippen LogP contribution in [0.25, 0.3) is 45.0 Å². The zero-order valence-electron chi connectivity index (χ0n) is 22.6. The number of benzene rings is 4. The molecule has 6 rings (SSSR count). The third-order valence-electron chi connectivity index (χ3n) is 5.99. The molecule has 4 aromatic carbocycles. The molecule has 0 aliphatic heterocycles. The molecule has 0 saturated carbocycles. The maximum Gasteiger partial charge on any atom is 0.307 e. The Morgan fingerprint density at radius 2 is 1.00 bits per heavy atom. The van der Waals surface area contributed by atoms with Crippen molar-refractivity contribution in [1.29, 1.82) is 0 Å². The monoisotopic (exact) mass is 574 g/mol. The molecule has 0 bridgehead atoms. The van der Waals surface area contributed by atoms with Crippen molar-refractivity contribution < 1.29 is 12.6 Å². The number of aromatic nitrogens is 4. The Balaban J connectivity index is 0.000000171. The van der Waals surface area contributed by atoms with Gasteiger partial charge in [-0.1, -0.05) is 121 Å². The minimum atomic E-state index is -3.66. The summed E-state index contributed by atoms with van der Waals surface area (Å²) in [6.07, 6.45) is 3.60. The number of hydrogen-bond donors (Lipinski definition) is 1. The van der Waals surface area contributed by atoms with Crippen LogP contribution in [0.2, 0.25) is 0 Å². The Morgan fingerprint density at radius 3 is 1.50 bits per heavy atom. The molecule has 0 amide bonds. The highest BCUT2D eigenvalue weighted by atomic mass is 32.2. The third-order valence-corrected chi connectivity index (χ3v) is 6.46. The summed E-state index contributed by atoms with van der Waals surface area (Å²) < 4.78 is 27.5. The van der Waals surface area contributed by atoms with Crippen molar-refractivity contribution in [3.63, 3.8) is 0 Å². The summed E-state index contributed by atoms with van der Waals surface area (Å²) in [4.78, 5) is 27.4. The van der Waals surface area contributed by atoms with Crippen molar-refractivity contribution in [1.82, 2.24) is 19.9 Å². The van der Waals surface area contributed by atoms with E-state index < -0.39 is 10.1 Å². The van der Waals surface area contributed by atoms with Gasteiger partial charge in [-0.25, -0.2) is 15.0 Å². The fourth-order valence-electron chi connectivity index (χ4n) is 4.20. The lowest BCUT2D eigenvalue weighted by atomic mass is 10.0. The molecule has 208 valence electrons. The topological polar surface area (TPSA) is 115 Å². The summed E-state index contributed by atoms with van der Waals surface area (Å²) in [6, 6.07) is 38.6. The summed E-state index contributed by atoms with van der Waals surface area (Å²) in [7, 11) is -3.66. The quantitative estimate of drug-likeness (QED) is 0.234. The molecule has 0 aliphatic carbocycles. The van der Waals surface area contributed by atoms with E-state index in [1.165, 1.54) is 12.4 Å². The van der Waals surface area contributed by atoms with Crippen LogP contribution in [-0.2, 0) is 10.1 Å². The largest absolute Gasteiger partial charge is 0.360 e. The second-order valence-corrected chi connectivity index (χ2v) is 10.7. The summed E-state index contributed by atoms with van der Waals surface area (Å²) in [6.45, 7) is 0. The number of nitrogens with zero attached hydrogens (tertiary/aromatic N) is 3. The summed E-state index contributed by atoms with van der Waals surface area (Å²) in [5, 5.41) is 0. The Bertz CT molecular complexity index is 1930. The molecule has 0 unspecified atom stereocenters. The molecule has 9 heteroatoms. The van der Waals surface area contributed by atoms with Crippen LogP contribution in [0.5, 0.6) is 5.88 Å².